The lowest BCUT2D eigenvalue weighted by Crippen LogP contribution is -2.48. The van der Waals surface area contributed by atoms with E-state index in [-0.39, 0.29) is 12.5 Å². The molecule has 2 heterocycles. The van der Waals surface area contributed by atoms with Crippen LogP contribution < -0.4 is 4.74 Å². The van der Waals surface area contributed by atoms with Crippen molar-refractivity contribution in [2.24, 2.45) is 0 Å². The van der Waals surface area contributed by atoms with E-state index >= 15 is 0 Å². The maximum Gasteiger partial charge on any atom is 0.276 e. The molecule has 0 atom stereocenters. The summed E-state index contributed by atoms with van der Waals surface area (Å²) >= 11 is 3.52. The summed E-state index contributed by atoms with van der Waals surface area (Å²) in [7, 11) is 0. The quantitative estimate of drug-likeness (QED) is 0.512. The Morgan fingerprint density at radius 1 is 1.10 bits per heavy atom. The number of ether oxygens (including phenoxy) is 1. The average molecular weight is 484 g/mol. The Morgan fingerprint density at radius 2 is 1.84 bits per heavy atom. The van der Waals surface area contributed by atoms with Crippen molar-refractivity contribution in [3.8, 4) is 5.75 Å². The van der Waals surface area contributed by atoms with Gasteiger partial charge in [0, 0.05) is 37.2 Å². The summed E-state index contributed by atoms with van der Waals surface area (Å²) in [6, 6.07) is 16.2. The van der Waals surface area contributed by atoms with Crippen LogP contribution in [-0.4, -0.2) is 47.0 Å². The van der Waals surface area contributed by atoms with Gasteiger partial charge in [-0.3, -0.25) is 9.69 Å². The number of amides is 1. The number of piperazine rings is 1. The van der Waals surface area contributed by atoms with Crippen molar-refractivity contribution in [2.75, 3.05) is 26.2 Å². The molecule has 0 unspecified atom stereocenters. The number of aromatic nitrogens is 1. The molecule has 1 saturated heterocycles. The van der Waals surface area contributed by atoms with Crippen LogP contribution in [0, 0.1) is 13.8 Å². The Balaban J connectivity index is 1.36. The molecule has 1 aliphatic rings. The molecule has 162 valence electrons. The second kappa shape index (κ2) is 9.66. The maximum atomic E-state index is 13.1. The van der Waals surface area contributed by atoms with Crippen LogP contribution in [0.5, 0.6) is 5.75 Å². The van der Waals surface area contributed by atoms with Gasteiger partial charge in [-0.1, -0.05) is 50.9 Å². The molecule has 0 saturated carbocycles. The Morgan fingerprint density at radius 3 is 2.55 bits per heavy atom. The van der Waals surface area contributed by atoms with Crippen molar-refractivity contribution < 1.29 is 14.1 Å². The topological polar surface area (TPSA) is 58.8 Å². The van der Waals surface area contributed by atoms with Crippen LogP contribution in [0.2, 0.25) is 0 Å². The van der Waals surface area contributed by atoms with Gasteiger partial charge < -0.3 is 14.2 Å². The van der Waals surface area contributed by atoms with Gasteiger partial charge in [0.2, 0.25) is 0 Å². The third-order valence-corrected chi connectivity index (χ3v) is 6.04. The minimum Gasteiger partial charge on any atom is -0.489 e. The van der Waals surface area contributed by atoms with Gasteiger partial charge in [0.25, 0.3) is 5.91 Å². The zero-order valence-corrected chi connectivity index (χ0v) is 19.4. The number of nitrogens with zero attached hydrogens (tertiary/aromatic N) is 3. The molecular formula is C24H26BrN3O3. The molecule has 0 spiro atoms. The summed E-state index contributed by atoms with van der Waals surface area (Å²) in [5, 5.41) is 4.05. The number of benzene rings is 2. The van der Waals surface area contributed by atoms with Crippen molar-refractivity contribution in [1.82, 2.24) is 15.0 Å². The molecule has 31 heavy (non-hydrogen) atoms. The number of carbonyl (C=O) groups excluding carboxylic acids is 1. The first kappa shape index (κ1) is 21.6. The Kier molecular flexibility index (Phi) is 6.73. The molecule has 2 aromatic carbocycles. The number of carbonyl (C=O) groups is 1. The van der Waals surface area contributed by atoms with E-state index in [1.54, 1.807) is 0 Å². The van der Waals surface area contributed by atoms with Crippen LogP contribution >= 0.6 is 15.9 Å². The number of hydrogen-bond acceptors (Lipinski definition) is 5. The third kappa shape index (κ3) is 5.35. The van der Waals surface area contributed by atoms with E-state index in [2.05, 4.69) is 38.1 Å². The van der Waals surface area contributed by atoms with Gasteiger partial charge in [0.05, 0.1) is 5.56 Å². The molecule has 4 rings (SSSR count). The van der Waals surface area contributed by atoms with Crippen molar-refractivity contribution in [3.63, 3.8) is 0 Å². The smallest absolute Gasteiger partial charge is 0.276 e. The van der Waals surface area contributed by atoms with Gasteiger partial charge in [0.1, 0.15) is 18.1 Å². The van der Waals surface area contributed by atoms with Gasteiger partial charge in [-0.2, -0.15) is 0 Å². The summed E-state index contributed by atoms with van der Waals surface area (Å²) in [4.78, 5) is 17.3. The van der Waals surface area contributed by atoms with E-state index in [1.165, 1.54) is 11.1 Å². The van der Waals surface area contributed by atoms with Gasteiger partial charge in [-0.15, -0.1) is 0 Å². The first-order valence-electron chi connectivity index (χ1n) is 10.4. The van der Waals surface area contributed by atoms with E-state index in [0.717, 1.165) is 29.9 Å². The highest BCUT2D eigenvalue weighted by atomic mass is 79.9. The van der Waals surface area contributed by atoms with Crippen molar-refractivity contribution in [3.05, 3.63) is 81.1 Å². The summed E-state index contributed by atoms with van der Waals surface area (Å²) in [6.45, 7) is 7.95. The summed E-state index contributed by atoms with van der Waals surface area (Å²) in [5.41, 5.74) is 3.49. The zero-order chi connectivity index (χ0) is 21.8. The summed E-state index contributed by atoms with van der Waals surface area (Å²) < 4.78 is 12.3. The minimum absolute atomic E-state index is 0.0959. The molecule has 6 nitrogen and oxygen atoms in total. The first-order chi connectivity index (χ1) is 15.0. The Labute approximate surface area is 190 Å². The molecule has 1 fully saturated rings. The standard InChI is InChI=1S/C24H26BrN3O3/c1-17-6-8-21(9-7-17)30-16-22-18(2)31-26-23(22)24(29)28-12-10-27(11-13-28)15-19-4-3-5-20(25)14-19/h3-9,14H,10-13,15-16H2,1-2H3. The van der Waals surface area contributed by atoms with Gasteiger partial charge in [-0.25, -0.2) is 0 Å². The number of halogens is 1. The van der Waals surface area contributed by atoms with Gasteiger partial charge in [0.15, 0.2) is 5.69 Å². The van der Waals surface area contributed by atoms with Gasteiger partial charge in [-0.05, 0) is 43.7 Å². The summed E-state index contributed by atoms with van der Waals surface area (Å²) in [5.74, 6) is 1.27. The number of rotatable bonds is 6. The molecule has 0 N–H and O–H groups in total. The SMILES string of the molecule is Cc1ccc(OCc2c(C(=O)N3CCN(Cc4cccc(Br)c4)CC3)noc2C)cc1. The lowest BCUT2D eigenvalue weighted by Gasteiger charge is -2.34. The van der Waals surface area contributed by atoms with E-state index < -0.39 is 0 Å². The largest absolute Gasteiger partial charge is 0.489 e. The fourth-order valence-corrected chi connectivity index (χ4v) is 4.12. The Hall–Kier alpha value is -2.64. The Bertz CT molecular complexity index is 1040. The predicted molar refractivity (Wildman–Crippen MR) is 122 cm³/mol. The van der Waals surface area contributed by atoms with E-state index in [1.807, 2.05) is 55.1 Å². The van der Waals surface area contributed by atoms with Crippen LogP contribution in [-0.2, 0) is 13.2 Å². The van der Waals surface area contributed by atoms with E-state index in [9.17, 15) is 4.79 Å². The fourth-order valence-electron chi connectivity index (χ4n) is 3.67. The van der Waals surface area contributed by atoms with Gasteiger partial charge >= 0.3 is 0 Å². The maximum absolute atomic E-state index is 13.1. The highest BCUT2D eigenvalue weighted by Crippen LogP contribution is 2.21. The van der Waals surface area contributed by atoms with Crippen LogP contribution in [0.4, 0.5) is 0 Å². The lowest BCUT2D eigenvalue weighted by molar-refractivity contribution is 0.0616. The van der Waals surface area contributed by atoms with Crippen LogP contribution in [0.25, 0.3) is 0 Å². The molecule has 0 bridgehead atoms. The van der Waals surface area contributed by atoms with Crippen molar-refractivity contribution >= 4 is 21.8 Å². The normalized spacial score (nSPS) is 14.6. The highest BCUT2D eigenvalue weighted by molar-refractivity contribution is 9.10. The van der Waals surface area contributed by atoms with Crippen molar-refractivity contribution in [1.29, 1.82) is 0 Å². The molecule has 1 amide bonds. The second-order valence-corrected chi connectivity index (χ2v) is 8.78. The summed E-state index contributed by atoms with van der Waals surface area (Å²) in [6.07, 6.45) is 0. The van der Waals surface area contributed by atoms with Crippen LogP contribution in [0.15, 0.2) is 57.5 Å². The number of hydrogen-bond donors (Lipinski definition) is 0. The molecule has 1 aliphatic heterocycles. The average Bonchev–Trinajstić information content (AvgIpc) is 3.14. The molecular weight excluding hydrogens is 458 g/mol. The van der Waals surface area contributed by atoms with E-state index in [4.69, 9.17) is 9.26 Å². The van der Waals surface area contributed by atoms with Crippen LogP contribution in [0.3, 0.4) is 0 Å². The molecule has 3 aromatic rings. The molecule has 7 heteroatoms. The lowest BCUT2D eigenvalue weighted by atomic mass is 10.1. The number of aryl methyl sites for hydroxylation is 2. The third-order valence-electron chi connectivity index (χ3n) is 5.55. The van der Waals surface area contributed by atoms with Crippen LogP contribution in [0.1, 0.15) is 32.9 Å². The fraction of sp³-hybridized carbons (Fsp3) is 0.333. The second-order valence-electron chi connectivity index (χ2n) is 7.87. The highest BCUT2D eigenvalue weighted by Gasteiger charge is 2.28. The first-order valence-corrected chi connectivity index (χ1v) is 11.2. The molecule has 0 aliphatic carbocycles. The molecule has 0 radical (unpaired) electrons. The van der Waals surface area contributed by atoms with Crippen molar-refractivity contribution in [2.45, 2.75) is 27.0 Å². The minimum atomic E-state index is -0.0959. The predicted octanol–water partition coefficient (Wildman–Crippen LogP) is 4.59. The molecule has 1 aromatic heterocycles. The monoisotopic (exact) mass is 483 g/mol. The zero-order valence-electron chi connectivity index (χ0n) is 17.8. The van der Waals surface area contributed by atoms with E-state index in [0.29, 0.717) is 30.1 Å².